The van der Waals surface area contributed by atoms with E-state index in [1.165, 1.54) is 0 Å². The van der Waals surface area contributed by atoms with Crippen LogP contribution < -0.4 is 0 Å². The maximum absolute atomic E-state index is 14.3. The van der Waals surface area contributed by atoms with E-state index in [9.17, 15) is 9.50 Å². The Bertz CT molecular complexity index is 498. The van der Waals surface area contributed by atoms with E-state index >= 15 is 0 Å². The van der Waals surface area contributed by atoms with E-state index in [1.54, 1.807) is 12.1 Å². The Morgan fingerprint density at radius 2 is 2.22 bits per heavy atom. The molecule has 0 aliphatic carbocycles. The molecule has 98 valence electrons. The zero-order chi connectivity index (χ0) is 12.9. The molecule has 5 heteroatoms. The maximum atomic E-state index is 14.3. The summed E-state index contributed by atoms with van der Waals surface area (Å²) in [5.41, 5.74) is -0.719. The molecule has 1 N–H and O–H groups in total. The molecular weight excluding hydrogens is 321 g/mol. The summed E-state index contributed by atoms with van der Waals surface area (Å²) in [6.07, 6.45) is 1.50. The number of piperidine rings is 1. The first kappa shape index (κ1) is 12.9. The number of nitrogens with zero attached hydrogens (tertiary/aromatic N) is 1. The predicted molar refractivity (Wildman–Crippen MR) is 72.2 cm³/mol. The summed E-state index contributed by atoms with van der Waals surface area (Å²) < 4.78 is 14.8. The number of hydrogen-bond donors (Lipinski definition) is 1. The lowest BCUT2D eigenvalue weighted by Gasteiger charge is -2.39. The summed E-state index contributed by atoms with van der Waals surface area (Å²) in [7, 11) is 0. The van der Waals surface area contributed by atoms with E-state index in [4.69, 9.17) is 11.6 Å². The van der Waals surface area contributed by atoms with Crippen molar-refractivity contribution in [3.05, 3.63) is 33.0 Å². The minimum atomic E-state index is -1.07. The van der Waals surface area contributed by atoms with Gasteiger partial charge >= 0.3 is 0 Å². The van der Waals surface area contributed by atoms with Crippen LogP contribution in [0.4, 0.5) is 4.39 Å². The van der Waals surface area contributed by atoms with Crippen LogP contribution in [0.15, 0.2) is 16.6 Å². The summed E-state index contributed by atoms with van der Waals surface area (Å²) in [5.74, 6) is -0.383. The van der Waals surface area contributed by atoms with Gasteiger partial charge in [0.2, 0.25) is 0 Å². The van der Waals surface area contributed by atoms with Gasteiger partial charge in [0.1, 0.15) is 5.82 Å². The van der Waals surface area contributed by atoms with Crippen LogP contribution in [0.2, 0.25) is 5.02 Å². The Hall–Kier alpha value is -0.160. The van der Waals surface area contributed by atoms with Crippen molar-refractivity contribution in [2.45, 2.75) is 18.4 Å². The van der Waals surface area contributed by atoms with Crippen LogP contribution in [0.3, 0.4) is 0 Å². The Labute approximate surface area is 119 Å². The molecule has 0 aromatic heterocycles. The Morgan fingerprint density at radius 3 is 3.00 bits per heavy atom. The third-order valence-corrected chi connectivity index (χ3v) is 5.52. The highest BCUT2D eigenvalue weighted by atomic mass is 79.9. The van der Waals surface area contributed by atoms with Crippen molar-refractivity contribution in [3.8, 4) is 0 Å². The van der Waals surface area contributed by atoms with Crippen molar-refractivity contribution >= 4 is 27.5 Å². The molecule has 1 aromatic carbocycles. The monoisotopic (exact) mass is 333 g/mol. The largest absolute Gasteiger partial charge is 0.385 e. The molecule has 2 saturated heterocycles. The molecule has 3 rings (SSSR count). The second-order valence-electron chi connectivity index (χ2n) is 5.18. The van der Waals surface area contributed by atoms with Gasteiger partial charge in [0, 0.05) is 29.0 Å². The van der Waals surface area contributed by atoms with E-state index in [1.807, 2.05) is 0 Å². The molecule has 0 spiro atoms. The highest BCUT2D eigenvalue weighted by Crippen LogP contribution is 2.45. The number of hydrogen-bond acceptors (Lipinski definition) is 2. The quantitative estimate of drug-likeness (QED) is 0.798. The first-order chi connectivity index (χ1) is 8.52. The molecule has 2 nitrogen and oxygen atoms in total. The minimum Gasteiger partial charge on any atom is -0.385 e. The zero-order valence-electron chi connectivity index (χ0n) is 9.80. The molecule has 0 saturated carbocycles. The number of fused-ring (bicyclic) bond motifs is 2. The number of benzene rings is 1. The second-order valence-corrected chi connectivity index (χ2v) is 6.42. The summed E-state index contributed by atoms with van der Waals surface area (Å²) in [5, 5.41) is 10.9. The van der Waals surface area contributed by atoms with Gasteiger partial charge in [0.25, 0.3) is 0 Å². The summed E-state index contributed by atoms with van der Waals surface area (Å²) in [6.45, 7) is 2.67. The molecule has 2 bridgehead atoms. The standard InChI is InChI=1S/C13H14BrClFNO/c14-10-2-1-9(12(16)11(10)15)13(18)4-6-17-5-3-8(13)7-17/h1-2,8,18H,3-7H2. The van der Waals surface area contributed by atoms with Gasteiger partial charge in [-0.25, -0.2) is 4.39 Å². The predicted octanol–water partition coefficient (Wildman–Crippen LogP) is 3.15. The van der Waals surface area contributed by atoms with Gasteiger partial charge in [0.15, 0.2) is 0 Å². The second kappa shape index (κ2) is 4.44. The fraction of sp³-hybridized carbons (Fsp3) is 0.538. The topological polar surface area (TPSA) is 23.5 Å². The van der Waals surface area contributed by atoms with Gasteiger partial charge in [-0.15, -0.1) is 0 Å². The molecule has 2 aliphatic rings. The van der Waals surface area contributed by atoms with Crippen LogP contribution in [0, 0.1) is 11.7 Å². The Balaban J connectivity index is 2.06. The molecule has 2 aliphatic heterocycles. The SMILES string of the molecule is OC1(c2ccc(Br)c(Cl)c2F)CCN2CCC1C2. The molecule has 2 fully saturated rings. The molecule has 1 aromatic rings. The van der Waals surface area contributed by atoms with Crippen LogP contribution in [0.1, 0.15) is 18.4 Å². The molecular formula is C13H14BrClFNO. The molecule has 18 heavy (non-hydrogen) atoms. The summed E-state index contributed by atoms with van der Waals surface area (Å²) >= 11 is 9.12. The summed E-state index contributed by atoms with van der Waals surface area (Å²) in [6, 6.07) is 3.36. The molecule has 2 heterocycles. The van der Waals surface area contributed by atoms with Gasteiger partial charge in [-0.05, 0) is 41.4 Å². The highest BCUT2D eigenvalue weighted by molar-refractivity contribution is 9.10. The Morgan fingerprint density at radius 1 is 1.44 bits per heavy atom. The van der Waals surface area contributed by atoms with E-state index in [0.717, 1.165) is 26.1 Å². The first-order valence-electron chi connectivity index (χ1n) is 6.11. The molecule has 3 unspecified atom stereocenters. The number of rotatable bonds is 1. The average Bonchev–Trinajstić information content (AvgIpc) is 2.77. The van der Waals surface area contributed by atoms with Crippen LogP contribution in [0.25, 0.3) is 0 Å². The molecule has 0 amide bonds. The maximum Gasteiger partial charge on any atom is 0.149 e. The van der Waals surface area contributed by atoms with Gasteiger partial charge < -0.3 is 10.0 Å². The minimum absolute atomic E-state index is 0.0568. The normalized spacial score (nSPS) is 34.9. The summed E-state index contributed by atoms with van der Waals surface area (Å²) in [4.78, 5) is 2.32. The van der Waals surface area contributed by atoms with Crippen molar-refractivity contribution < 1.29 is 9.50 Å². The van der Waals surface area contributed by atoms with E-state index in [2.05, 4.69) is 20.8 Å². The van der Waals surface area contributed by atoms with Crippen LogP contribution >= 0.6 is 27.5 Å². The van der Waals surface area contributed by atoms with Crippen LogP contribution in [-0.2, 0) is 5.60 Å². The fourth-order valence-electron chi connectivity index (χ4n) is 3.17. The van der Waals surface area contributed by atoms with E-state index in [0.29, 0.717) is 16.5 Å². The lowest BCUT2D eigenvalue weighted by atomic mass is 9.77. The highest BCUT2D eigenvalue weighted by Gasteiger charge is 2.47. The third kappa shape index (κ3) is 1.82. The van der Waals surface area contributed by atoms with E-state index < -0.39 is 11.4 Å². The van der Waals surface area contributed by atoms with Crippen molar-refractivity contribution in [1.29, 1.82) is 0 Å². The van der Waals surface area contributed by atoms with Crippen molar-refractivity contribution in [2.75, 3.05) is 19.6 Å². The number of halogens is 3. The third-order valence-electron chi connectivity index (χ3n) is 4.26. The smallest absolute Gasteiger partial charge is 0.149 e. The van der Waals surface area contributed by atoms with Crippen molar-refractivity contribution in [3.63, 3.8) is 0 Å². The van der Waals surface area contributed by atoms with E-state index in [-0.39, 0.29) is 10.9 Å². The zero-order valence-corrected chi connectivity index (χ0v) is 12.1. The van der Waals surface area contributed by atoms with Gasteiger partial charge in [-0.1, -0.05) is 17.7 Å². The van der Waals surface area contributed by atoms with Crippen LogP contribution in [0.5, 0.6) is 0 Å². The van der Waals surface area contributed by atoms with Gasteiger partial charge in [0.05, 0.1) is 10.6 Å². The first-order valence-corrected chi connectivity index (χ1v) is 7.28. The van der Waals surface area contributed by atoms with Gasteiger partial charge in [-0.2, -0.15) is 0 Å². The van der Waals surface area contributed by atoms with Crippen molar-refractivity contribution in [2.24, 2.45) is 5.92 Å². The molecule has 3 atom stereocenters. The van der Waals surface area contributed by atoms with Gasteiger partial charge in [-0.3, -0.25) is 0 Å². The van der Waals surface area contributed by atoms with Crippen LogP contribution in [-0.4, -0.2) is 29.6 Å². The fourth-order valence-corrected chi connectivity index (χ4v) is 3.64. The average molecular weight is 335 g/mol. The lowest BCUT2D eigenvalue weighted by molar-refractivity contribution is -0.0527. The molecule has 0 radical (unpaired) electrons. The Kier molecular flexibility index (Phi) is 3.17. The lowest BCUT2D eigenvalue weighted by Crippen LogP contribution is -2.44. The van der Waals surface area contributed by atoms with Crippen molar-refractivity contribution in [1.82, 2.24) is 4.90 Å². The number of aliphatic hydroxyl groups is 1.